The predicted molar refractivity (Wildman–Crippen MR) is 70.6 cm³/mol. The van der Waals surface area contributed by atoms with E-state index in [0.717, 1.165) is 6.42 Å². The third kappa shape index (κ3) is 4.47. The van der Waals surface area contributed by atoms with Crippen LogP contribution in [0, 0.1) is 11.8 Å². The minimum Gasteiger partial charge on any atom is -0.479 e. The number of ether oxygens (including phenoxy) is 1. The van der Waals surface area contributed by atoms with E-state index in [4.69, 9.17) is 10.5 Å². The van der Waals surface area contributed by atoms with Crippen LogP contribution >= 0.6 is 0 Å². The highest BCUT2D eigenvalue weighted by Gasteiger charge is 2.43. The topological polar surface area (TPSA) is 102 Å². The summed E-state index contributed by atoms with van der Waals surface area (Å²) in [6.07, 6.45) is 1.44. The highest BCUT2D eigenvalue weighted by atomic mass is 16.5. The second kappa shape index (κ2) is 6.86. The monoisotopic (exact) mass is 272 g/mol. The van der Waals surface area contributed by atoms with Crippen LogP contribution in [0.15, 0.2) is 0 Å². The molecule has 1 amide bonds. The zero-order valence-corrected chi connectivity index (χ0v) is 11.6. The first-order valence-electron chi connectivity index (χ1n) is 6.72. The van der Waals surface area contributed by atoms with Gasteiger partial charge >= 0.3 is 5.97 Å². The quantitative estimate of drug-likeness (QED) is 0.621. The summed E-state index contributed by atoms with van der Waals surface area (Å²) in [5.74, 6) is -0.742. The molecule has 0 radical (unpaired) electrons. The standard InChI is InChI=1S/C13H24N2O4/c1-9(2)5-10(7-14)6-11(16)15-13(12(17)18)3-4-19-8-13/h9-10H,3-8,14H2,1-2H3,(H,15,16)(H,17,18)/t10-,13?/m0/s1. The SMILES string of the molecule is CC(C)C[C@H](CN)CC(=O)NC1(C(=O)O)CCOC1. The van der Waals surface area contributed by atoms with Crippen molar-refractivity contribution in [1.29, 1.82) is 0 Å². The van der Waals surface area contributed by atoms with Gasteiger partial charge < -0.3 is 20.9 Å². The molecule has 0 spiro atoms. The second-order valence-corrected chi connectivity index (χ2v) is 5.67. The first-order chi connectivity index (χ1) is 8.89. The normalized spacial score (nSPS) is 24.4. The lowest BCUT2D eigenvalue weighted by molar-refractivity contribution is -0.147. The number of carbonyl (C=O) groups is 2. The highest BCUT2D eigenvalue weighted by Crippen LogP contribution is 2.20. The molecule has 1 saturated heterocycles. The van der Waals surface area contributed by atoms with Gasteiger partial charge in [0.2, 0.25) is 5.91 Å². The van der Waals surface area contributed by atoms with Crippen LogP contribution in [0.5, 0.6) is 0 Å². The van der Waals surface area contributed by atoms with Crippen LogP contribution in [0.4, 0.5) is 0 Å². The number of hydrogen-bond acceptors (Lipinski definition) is 4. The number of hydrogen-bond donors (Lipinski definition) is 3. The van der Waals surface area contributed by atoms with Crippen LogP contribution in [-0.2, 0) is 14.3 Å². The smallest absolute Gasteiger partial charge is 0.331 e. The molecule has 19 heavy (non-hydrogen) atoms. The van der Waals surface area contributed by atoms with Crippen LogP contribution in [0.2, 0.25) is 0 Å². The number of rotatable bonds is 7. The van der Waals surface area contributed by atoms with E-state index < -0.39 is 11.5 Å². The molecule has 110 valence electrons. The highest BCUT2D eigenvalue weighted by molar-refractivity contribution is 5.87. The molecular formula is C13H24N2O4. The minimum atomic E-state index is -1.26. The van der Waals surface area contributed by atoms with E-state index in [1.807, 2.05) is 0 Å². The number of amides is 1. The maximum absolute atomic E-state index is 12.0. The van der Waals surface area contributed by atoms with Crippen molar-refractivity contribution in [2.45, 2.75) is 38.6 Å². The Hall–Kier alpha value is -1.14. The summed E-state index contributed by atoms with van der Waals surface area (Å²) in [7, 11) is 0. The van der Waals surface area contributed by atoms with Gasteiger partial charge in [0, 0.05) is 19.4 Å². The van der Waals surface area contributed by atoms with Crippen molar-refractivity contribution < 1.29 is 19.4 Å². The lowest BCUT2D eigenvalue weighted by Gasteiger charge is -2.25. The van der Waals surface area contributed by atoms with Crippen molar-refractivity contribution in [3.8, 4) is 0 Å². The molecule has 1 rings (SSSR count). The van der Waals surface area contributed by atoms with Crippen molar-refractivity contribution in [3.63, 3.8) is 0 Å². The van der Waals surface area contributed by atoms with Gasteiger partial charge in [0.1, 0.15) is 0 Å². The molecule has 1 aliphatic rings. The van der Waals surface area contributed by atoms with Gasteiger partial charge in [-0.05, 0) is 24.8 Å². The van der Waals surface area contributed by atoms with Gasteiger partial charge in [0.15, 0.2) is 5.54 Å². The summed E-state index contributed by atoms with van der Waals surface area (Å²) in [5, 5.41) is 11.8. The Bertz CT molecular complexity index is 325. The van der Waals surface area contributed by atoms with Gasteiger partial charge in [-0.15, -0.1) is 0 Å². The van der Waals surface area contributed by atoms with Crippen LogP contribution in [-0.4, -0.2) is 42.3 Å². The maximum Gasteiger partial charge on any atom is 0.331 e. The third-order valence-electron chi connectivity index (χ3n) is 3.42. The number of carboxylic acids is 1. The predicted octanol–water partition coefficient (Wildman–Crippen LogP) is 0.357. The van der Waals surface area contributed by atoms with E-state index in [2.05, 4.69) is 19.2 Å². The summed E-state index contributed by atoms with van der Waals surface area (Å²) in [6.45, 7) is 4.97. The van der Waals surface area contributed by atoms with Crippen LogP contribution < -0.4 is 11.1 Å². The van der Waals surface area contributed by atoms with E-state index >= 15 is 0 Å². The Kier molecular flexibility index (Phi) is 5.75. The molecule has 0 saturated carbocycles. The molecule has 0 bridgehead atoms. The molecular weight excluding hydrogens is 248 g/mol. The van der Waals surface area contributed by atoms with Crippen LogP contribution in [0.25, 0.3) is 0 Å². The van der Waals surface area contributed by atoms with Crippen molar-refractivity contribution in [2.24, 2.45) is 17.6 Å². The summed E-state index contributed by atoms with van der Waals surface area (Å²) in [6, 6.07) is 0. The number of nitrogens with one attached hydrogen (secondary N) is 1. The zero-order valence-electron chi connectivity index (χ0n) is 11.6. The van der Waals surface area contributed by atoms with Gasteiger partial charge in [-0.25, -0.2) is 4.79 Å². The van der Waals surface area contributed by atoms with Gasteiger partial charge in [0.05, 0.1) is 6.61 Å². The molecule has 0 aromatic heterocycles. The Labute approximate surface area is 113 Å². The Balaban J connectivity index is 2.55. The molecule has 1 fully saturated rings. The van der Waals surface area contributed by atoms with Gasteiger partial charge in [-0.3, -0.25) is 4.79 Å². The largest absolute Gasteiger partial charge is 0.479 e. The first kappa shape index (κ1) is 15.9. The summed E-state index contributed by atoms with van der Waals surface area (Å²) in [5.41, 5.74) is 4.39. The average Bonchev–Trinajstić information content (AvgIpc) is 2.77. The fourth-order valence-electron chi connectivity index (χ4n) is 2.40. The number of carboxylic acid groups (broad SMARTS) is 1. The van der Waals surface area contributed by atoms with E-state index in [0.29, 0.717) is 25.5 Å². The molecule has 4 N–H and O–H groups in total. The molecule has 2 atom stereocenters. The number of carbonyl (C=O) groups excluding carboxylic acids is 1. The van der Waals surface area contributed by atoms with Crippen LogP contribution in [0.3, 0.4) is 0 Å². The van der Waals surface area contributed by atoms with Crippen molar-refractivity contribution in [1.82, 2.24) is 5.32 Å². The molecule has 0 aliphatic carbocycles. The lowest BCUT2D eigenvalue weighted by atomic mass is 9.92. The Morgan fingerprint density at radius 2 is 2.16 bits per heavy atom. The summed E-state index contributed by atoms with van der Waals surface area (Å²) in [4.78, 5) is 23.2. The molecule has 1 unspecified atom stereocenters. The fraction of sp³-hybridized carbons (Fsp3) is 0.846. The molecule has 1 heterocycles. The molecule has 0 aromatic carbocycles. The zero-order chi connectivity index (χ0) is 14.5. The Morgan fingerprint density at radius 3 is 2.58 bits per heavy atom. The van der Waals surface area contributed by atoms with E-state index in [-0.39, 0.29) is 24.9 Å². The van der Waals surface area contributed by atoms with Gasteiger partial charge in [0.25, 0.3) is 0 Å². The average molecular weight is 272 g/mol. The van der Waals surface area contributed by atoms with Crippen LogP contribution in [0.1, 0.15) is 33.1 Å². The second-order valence-electron chi connectivity index (χ2n) is 5.67. The van der Waals surface area contributed by atoms with Crippen molar-refractivity contribution in [2.75, 3.05) is 19.8 Å². The maximum atomic E-state index is 12.0. The lowest BCUT2D eigenvalue weighted by Crippen LogP contribution is -2.55. The first-order valence-corrected chi connectivity index (χ1v) is 6.72. The molecule has 6 nitrogen and oxygen atoms in total. The van der Waals surface area contributed by atoms with Gasteiger partial charge in [-0.1, -0.05) is 13.8 Å². The molecule has 1 aliphatic heterocycles. The minimum absolute atomic E-state index is 0.0333. The van der Waals surface area contributed by atoms with E-state index in [1.165, 1.54) is 0 Å². The number of aliphatic carboxylic acids is 1. The fourth-order valence-corrected chi connectivity index (χ4v) is 2.40. The van der Waals surface area contributed by atoms with Crippen molar-refractivity contribution in [3.05, 3.63) is 0 Å². The molecule has 0 aromatic rings. The number of nitrogens with two attached hydrogens (primary N) is 1. The summed E-state index contributed by atoms with van der Waals surface area (Å²) < 4.78 is 5.10. The molecule has 6 heteroatoms. The Morgan fingerprint density at radius 1 is 1.47 bits per heavy atom. The van der Waals surface area contributed by atoms with Gasteiger partial charge in [-0.2, -0.15) is 0 Å². The summed E-state index contributed by atoms with van der Waals surface area (Å²) >= 11 is 0. The van der Waals surface area contributed by atoms with E-state index in [9.17, 15) is 14.7 Å². The van der Waals surface area contributed by atoms with Crippen molar-refractivity contribution >= 4 is 11.9 Å². The van der Waals surface area contributed by atoms with E-state index in [1.54, 1.807) is 0 Å². The third-order valence-corrected chi connectivity index (χ3v) is 3.42.